The van der Waals surface area contributed by atoms with Crippen LogP contribution >= 0.6 is 0 Å². The van der Waals surface area contributed by atoms with Crippen LogP contribution in [0.25, 0.3) is 28.0 Å². The summed E-state index contributed by atoms with van der Waals surface area (Å²) < 4.78 is 6.94. The number of benzene rings is 2. The van der Waals surface area contributed by atoms with Crippen molar-refractivity contribution in [2.24, 2.45) is 0 Å². The lowest BCUT2D eigenvalue weighted by Crippen LogP contribution is -1.96. The third-order valence-electron chi connectivity index (χ3n) is 6.20. The fraction of sp³-hybridized carbons (Fsp3) is 0.167. The van der Waals surface area contributed by atoms with Gasteiger partial charge in [-0.2, -0.15) is 0 Å². The molecule has 30 heavy (non-hydrogen) atoms. The Morgan fingerprint density at radius 2 is 1.67 bits per heavy atom. The van der Waals surface area contributed by atoms with Crippen LogP contribution in [0.5, 0.6) is 17.5 Å². The molecule has 0 spiro atoms. The fourth-order valence-corrected chi connectivity index (χ4v) is 4.78. The highest BCUT2D eigenvalue weighted by Gasteiger charge is 2.41. The number of ether oxygens (including phenoxy) is 1. The molecule has 2 atom stereocenters. The van der Waals surface area contributed by atoms with E-state index in [1.807, 2.05) is 42.5 Å². The van der Waals surface area contributed by atoms with Gasteiger partial charge in [0.05, 0.1) is 12.8 Å². The van der Waals surface area contributed by atoms with E-state index in [0.29, 0.717) is 17.3 Å². The SMILES string of the molecule is COc1cccc2cnc(-c3ccc(-n4c(O)c5c(c4O)[C@H]4C=CC5C4)cc3)nc12. The van der Waals surface area contributed by atoms with Crippen molar-refractivity contribution < 1.29 is 14.9 Å². The monoisotopic (exact) mass is 397 g/mol. The third kappa shape index (κ3) is 2.24. The van der Waals surface area contributed by atoms with E-state index in [4.69, 9.17) is 4.74 Å². The molecule has 6 heteroatoms. The van der Waals surface area contributed by atoms with Crippen molar-refractivity contribution in [3.63, 3.8) is 0 Å². The number of fused-ring (bicyclic) bond motifs is 6. The summed E-state index contributed by atoms with van der Waals surface area (Å²) in [6, 6.07) is 13.2. The van der Waals surface area contributed by atoms with E-state index in [1.165, 1.54) is 4.57 Å². The first-order valence-corrected chi connectivity index (χ1v) is 9.91. The smallest absolute Gasteiger partial charge is 0.202 e. The van der Waals surface area contributed by atoms with Gasteiger partial charge < -0.3 is 14.9 Å². The van der Waals surface area contributed by atoms with Crippen molar-refractivity contribution in [2.75, 3.05) is 7.11 Å². The van der Waals surface area contributed by atoms with Crippen molar-refractivity contribution in [3.8, 4) is 34.6 Å². The topological polar surface area (TPSA) is 80.4 Å². The maximum absolute atomic E-state index is 10.8. The minimum absolute atomic E-state index is 0.124. The lowest BCUT2D eigenvalue weighted by atomic mass is 10.0. The maximum atomic E-state index is 10.8. The van der Waals surface area contributed by atoms with Gasteiger partial charge in [0, 0.05) is 40.1 Å². The molecule has 1 unspecified atom stereocenters. The van der Waals surface area contributed by atoms with Gasteiger partial charge in [-0.25, -0.2) is 9.97 Å². The van der Waals surface area contributed by atoms with Gasteiger partial charge in [-0.15, -0.1) is 0 Å². The summed E-state index contributed by atoms with van der Waals surface area (Å²) in [6.07, 6.45) is 6.95. The Kier molecular flexibility index (Phi) is 3.47. The second-order valence-corrected chi connectivity index (χ2v) is 7.78. The predicted molar refractivity (Wildman–Crippen MR) is 113 cm³/mol. The van der Waals surface area contributed by atoms with E-state index >= 15 is 0 Å². The molecule has 4 aromatic rings. The summed E-state index contributed by atoms with van der Waals surface area (Å²) in [5.41, 5.74) is 4.00. The Hall–Kier alpha value is -3.80. The van der Waals surface area contributed by atoms with E-state index in [9.17, 15) is 10.2 Å². The summed E-state index contributed by atoms with van der Waals surface area (Å²) in [7, 11) is 1.63. The Balaban J connectivity index is 1.41. The molecule has 2 aliphatic carbocycles. The van der Waals surface area contributed by atoms with Crippen molar-refractivity contribution >= 4 is 10.9 Å². The first-order chi connectivity index (χ1) is 14.7. The molecule has 2 aliphatic rings. The summed E-state index contributed by atoms with van der Waals surface area (Å²) >= 11 is 0. The van der Waals surface area contributed by atoms with Crippen molar-refractivity contribution in [1.82, 2.24) is 14.5 Å². The number of rotatable bonds is 3. The molecule has 0 saturated carbocycles. The van der Waals surface area contributed by atoms with Gasteiger partial charge in [-0.05, 0) is 36.8 Å². The van der Waals surface area contributed by atoms with Crippen LogP contribution in [0.3, 0.4) is 0 Å². The number of nitrogens with zero attached hydrogens (tertiary/aromatic N) is 3. The van der Waals surface area contributed by atoms with E-state index in [1.54, 1.807) is 13.3 Å². The number of aromatic hydroxyl groups is 2. The van der Waals surface area contributed by atoms with Gasteiger partial charge in [0.15, 0.2) is 5.82 Å². The van der Waals surface area contributed by atoms with Gasteiger partial charge in [-0.3, -0.25) is 4.57 Å². The number of allylic oxidation sites excluding steroid dienone is 2. The molecule has 0 saturated heterocycles. The minimum Gasteiger partial charge on any atom is -0.494 e. The van der Waals surface area contributed by atoms with E-state index in [-0.39, 0.29) is 23.6 Å². The van der Waals surface area contributed by atoms with E-state index in [0.717, 1.165) is 34.0 Å². The Morgan fingerprint density at radius 1 is 0.967 bits per heavy atom. The molecule has 0 radical (unpaired) electrons. The molecule has 148 valence electrons. The summed E-state index contributed by atoms with van der Waals surface area (Å²) in [4.78, 5) is 9.15. The Labute approximate surface area is 172 Å². The van der Waals surface area contributed by atoms with Crippen molar-refractivity contribution in [2.45, 2.75) is 18.3 Å². The molecule has 2 heterocycles. The molecule has 2 N–H and O–H groups in total. The van der Waals surface area contributed by atoms with Crippen LogP contribution in [0.1, 0.15) is 29.4 Å². The first kappa shape index (κ1) is 17.1. The highest BCUT2D eigenvalue weighted by Crippen LogP contribution is 2.57. The number of methoxy groups -OCH3 is 1. The average Bonchev–Trinajstić information content (AvgIpc) is 3.47. The summed E-state index contributed by atoms with van der Waals surface area (Å²) in [6.45, 7) is 0. The van der Waals surface area contributed by atoms with Crippen LogP contribution in [0.4, 0.5) is 0 Å². The molecule has 2 bridgehead atoms. The standard InChI is InChI=1S/C24H19N3O3/c1-30-18-4-2-3-16-12-25-22(26-21(16)18)13-7-9-17(10-8-13)27-23(28)19-14-5-6-15(11-14)20(19)24(27)29/h2-10,12,14-15,28-29H,11H2,1H3/t14-,15?/m0/s1. The number of aromatic nitrogens is 3. The number of para-hydroxylation sites is 1. The molecule has 0 amide bonds. The molecule has 6 rings (SSSR count). The fourth-order valence-electron chi connectivity index (χ4n) is 4.78. The predicted octanol–water partition coefficient (Wildman–Crippen LogP) is 4.65. The average molecular weight is 397 g/mol. The van der Waals surface area contributed by atoms with Crippen LogP contribution in [0.2, 0.25) is 0 Å². The van der Waals surface area contributed by atoms with Gasteiger partial charge in [0.2, 0.25) is 11.8 Å². The molecule has 0 fully saturated rings. The van der Waals surface area contributed by atoms with Crippen molar-refractivity contribution in [3.05, 3.63) is 71.9 Å². The van der Waals surface area contributed by atoms with Crippen LogP contribution < -0.4 is 4.74 Å². The molecular formula is C24H19N3O3. The quantitative estimate of drug-likeness (QED) is 0.492. The van der Waals surface area contributed by atoms with E-state index in [2.05, 4.69) is 22.1 Å². The molecule has 2 aromatic carbocycles. The lowest BCUT2D eigenvalue weighted by molar-refractivity contribution is 0.395. The van der Waals surface area contributed by atoms with E-state index < -0.39 is 0 Å². The third-order valence-corrected chi connectivity index (χ3v) is 6.20. The zero-order valence-corrected chi connectivity index (χ0v) is 16.3. The highest BCUT2D eigenvalue weighted by atomic mass is 16.5. The Bertz CT molecular complexity index is 1300. The minimum atomic E-state index is 0.124. The van der Waals surface area contributed by atoms with Gasteiger partial charge in [-0.1, -0.05) is 24.3 Å². The molecule has 6 nitrogen and oxygen atoms in total. The molecule has 0 aliphatic heterocycles. The summed E-state index contributed by atoms with van der Waals surface area (Å²) in [5, 5.41) is 22.5. The second kappa shape index (κ2) is 6.10. The van der Waals surface area contributed by atoms with Gasteiger partial charge in [0.25, 0.3) is 0 Å². The number of hydrogen-bond donors (Lipinski definition) is 2. The van der Waals surface area contributed by atoms with Crippen molar-refractivity contribution in [1.29, 1.82) is 0 Å². The largest absolute Gasteiger partial charge is 0.494 e. The van der Waals surface area contributed by atoms with Crippen LogP contribution in [-0.2, 0) is 0 Å². The first-order valence-electron chi connectivity index (χ1n) is 9.91. The normalized spacial score (nSPS) is 18.8. The molecular weight excluding hydrogens is 378 g/mol. The summed E-state index contributed by atoms with van der Waals surface area (Å²) in [5.74, 6) is 1.92. The van der Waals surface area contributed by atoms with Gasteiger partial charge >= 0.3 is 0 Å². The van der Waals surface area contributed by atoms with Crippen LogP contribution in [0, 0.1) is 0 Å². The lowest BCUT2D eigenvalue weighted by Gasteiger charge is -2.11. The van der Waals surface area contributed by atoms with Crippen LogP contribution in [-0.4, -0.2) is 31.9 Å². The number of hydrogen-bond acceptors (Lipinski definition) is 5. The molecule has 2 aromatic heterocycles. The zero-order chi connectivity index (χ0) is 20.4. The highest BCUT2D eigenvalue weighted by molar-refractivity contribution is 5.85. The second-order valence-electron chi connectivity index (χ2n) is 7.78. The van der Waals surface area contributed by atoms with Crippen LogP contribution in [0.15, 0.2) is 60.8 Å². The van der Waals surface area contributed by atoms with Gasteiger partial charge in [0.1, 0.15) is 11.3 Å². The Morgan fingerprint density at radius 3 is 2.33 bits per heavy atom. The zero-order valence-electron chi connectivity index (χ0n) is 16.3. The maximum Gasteiger partial charge on any atom is 0.202 e.